The van der Waals surface area contributed by atoms with E-state index in [1.165, 1.54) is 0 Å². The number of benzene rings is 1. The summed E-state index contributed by atoms with van der Waals surface area (Å²) in [4.78, 5) is 10.0. The molecule has 0 aliphatic carbocycles. The quantitative estimate of drug-likeness (QED) is 0.667. The van der Waals surface area contributed by atoms with Crippen LogP contribution in [-0.2, 0) is 0 Å². The molecular formula is C9H11BrN2O2. The Morgan fingerprint density at radius 3 is 2.93 bits per heavy atom. The highest BCUT2D eigenvalue weighted by molar-refractivity contribution is 9.10. The maximum atomic E-state index is 10.3. The molecule has 0 aliphatic heterocycles. The van der Waals surface area contributed by atoms with Crippen molar-refractivity contribution in [3.05, 3.63) is 38.9 Å². The SMILES string of the molecule is CC(CNc1cccc(Br)c1)[N+](=O)[O-]. The summed E-state index contributed by atoms with van der Waals surface area (Å²) < 4.78 is 0.955. The lowest BCUT2D eigenvalue weighted by atomic mass is 10.3. The van der Waals surface area contributed by atoms with E-state index in [1.807, 2.05) is 24.3 Å². The van der Waals surface area contributed by atoms with Gasteiger partial charge in [0.15, 0.2) is 0 Å². The van der Waals surface area contributed by atoms with Crippen LogP contribution in [0.2, 0.25) is 0 Å². The highest BCUT2D eigenvalue weighted by Crippen LogP contribution is 2.15. The second-order valence-electron chi connectivity index (χ2n) is 3.03. The first-order valence-corrected chi connectivity index (χ1v) is 5.02. The predicted octanol–water partition coefficient (Wildman–Crippen LogP) is 2.53. The molecule has 0 heterocycles. The van der Waals surface area contributed by atoms with Gasteiger partial charge in [-0.2, -0.15) is 0 Å². The van der Waals surface area contributed by atoms with Gasteiger partial charge in [0.2, 0.25) is 6.04 Å². The molecule has 1 atom stereocenters. The third kappa shape index (κ3) is 3.33. The zero-order valence-corrected chi connectivity index (χ0v) is 9.32. The van der Waals surface area contributed by atoms with Crippen molar-refractivity contribution in [3.8, 4) is 0 Å². The Morgan fingerprint density at radius 1 is 1.64 bits per heavy atom. The fourth-order valence-corrected chi connectivity index (χ4v) is 1.34. The Balaban J connectivity index is 2.49. The number of hydrogen-bond donors (Lipinski definition) is 1. The molecule has 1 aromatic carbocycles. The average Bonchev–Trinajstić information content (AvgIpc) is 2.14. The minimum atomic E-state index is -0.575. The molecule has 4 nitrogen and oxygen atoms in total. The Bertz CT molecular complexity index is 330. The Labute approximate surface area is 90.6 Å². The van der Waals surface area contributed by atoms with Gasteiger partial charge >= 0.3 is 0 Å². The van der Waals surface area contributed by atoms with E-state index < -0.39 is 6.04 Å². The lowest BCUT2D eigenvalue weighted by Gasteiger charge is -2.07. The summed E-state index contributed by atoms with van der Waals surface area (Å²) in [6.45, 7) is 1.91. The number of nitro groups is 1. The van der Waals surface area contributed by atoms with Gasteiger partial charge in [-0.05, 0) is 18.2 Å². The van der Waals surface area contributed by atoms with Crippen molar-refractivity contribution in [2.24, 2.45) is 0 Å². The summed E-state index contributed by atoms with van der Waals surface area (Å²) in [6, 6.07) is 6.96. The van der Waals surface area contributed by atoms with E-state index in [9.17, 15) is 10.1 Å². The van der Waals surface area contributed by atoms with Gasteiger partial charge in [-0.1, -0.05) is 22.0 Å². The topological polar surface area (TPSA) is 55.2 Å². The van der Waals surface area contributed by atoms with Crippen molar-refractivity contribution >= 4 is 21.6 Å². The third-order valence-electron chi connectivity index (χ3n) is 1.79. The molecular weight excluding hydrogens is 248 g/mol. The molecule has 1 unspecified atom stereocenters. The summed E-state index contributed by atoms with van der Waals surface area (Å²) in [5.41, 5.74) is 0.882. The molecule has 0 fully saturated rings. The van der Waals surface area contributed by atoms with Crippen LogP contribution in [-0.4, -0.2) is 17.5 Å². The largest absolute Gasteiger partial charge is 0.378 e. The monoisotopic (exact) mass is 258 g/mol. The van der Waals surface area contributed by atoms with Crippen molar-refractivity contribution in [1.82, 2.24) is 0 Å². The second-order valence-corrected chi connectivity index (χ2v) is 3.94. The summed E-state index contributed by atoms with van der Waals surface area (Å²) >= 11 is 3.32. The molecule has 76 valence electrons. The zero-order valence-electron chi connectivity index (χ0n) is 7.74. The van der Waals surface area contributed by atoms with Gasteiger partial charge in [-0.25, -0.2) is 0 Å². The molecule has 0 radical (unpaired) electrons. The summed E-state index contributed by atoms with van der Waals surface area (Å²) in [6.07, 6.45) is 0. The third-order valence-corrected chi connectivity index (χ3v) is 2.28. The van der Waals surface area contributed by atoms with Crippen LogP contribution in [0.1, 0.15) is 6.92 Å². The molecule has 1 aromatic rings. The van der Waals surface area contributed by atoms with Crippen LogP contribution in [0, 0.1) is 10.1 Å². The van der Waals surface area contributed by atoms with Gasteiger partial charge in [0.1, 0.15) is 0 Å². The highest BCUT2D eigenvalue weighted by Gasteiger charge is 2.11. The summed E-state index contributed by atoms with van der Waals surface area (Å²) in [7, 11) is 0. The molecule has 1 rings (SSSR count). The standard InChI is InChI=1S/C9H11BrN2O2/c1-7(12(13)14)6-11-9-4-2-3-8(10)5-9/h2-5,7,11H,6H2,1H3. The lowest BCUT2D eigenvalue weighted by molar-refractivity contribution is -0.514. The molecule has 1 N–H and O–H groups in total. The van der Waals surface area contributed by atoms with Gasteiger partial charge in [-0.3, -0.25) is 10.1 Å². The molecule has 0 aliphatic rings. The molecule has 0 spiro atoms. The molecule has 14 heavy (non-hydrogen) atoms. The molecule has 0 saturated carbocycles. The maximum Gasteiger partial charge on any atom is 0.227 e. The summed E-state index contributed by atoms with van der Waals surface area (Å²) in [5, 5.41) is 13.3. The smallest absolute Gasteiger partial charge is 0.227 e. The second kappa shape index (κ2) is 4.95. The number of nitrogens with one attached hydrogen (secondary N) is 1. The number of hydrogen-bond acceptors (Lipinski definition) is 3. The Morgan fingerprint density at radius 2 is 2.36 bits per heavy atom. The first kappa shape index (κ1) is 11.0. The number of halogens is 1. The van der Waals surface area contributed by atoms with Gasteiger partial charge in [0.25, 0.3) is 0 Å². The van der Waals surface area contributed by atoms with E-state index in [0.717, 1.165) is 10.2 Å². The van der Waals surface area contributed by atoms with E-state index in [1.54, 1.807) is 6.92 Å². The van der Waals surface area contributed by atoms with E-state index >= 15 is 0 Å². The van der Waals surface area contributed by atoms with Crippen molar-refractivity contribution < 1.29 is 4.92 Å². The molecule has 0 amide bonds. The summed E-state index contributed by atoms with van der Waals surface area (Å²) in [5.74, 6) is 0. The van der Waals surface area contributed by atoms with Crippen molar-refractivity contribution in [3.63, 3.8) is 0 Å². The van der Waals surface area contributed by atoms with E-state index in [4.69, 9.17) is 0 Å². The number of nitrogens with zero attached hydrogens (tertiary/aromatic N) is 1. The average molecular weight is 259 g/mol. The van der Waals surface area contributed by atoms with Crippen molar-refractivity contribution in [2.75, 3.05) is 11.9 Å². The van der Waals surface area contributed by atoms with Crippen LogP contribution < -0.4 is 5.32 Å². The van der Waals surface area contributed by atoms with Crippen LogP contribution in [0.4, 0.5) is 5.69 Å². The Kier molecular flexibility index (Phi) is 3.88. The van der Waals surface area contributed by atoms with E-state index in [0.29, 0.717) is 6.54 Å². The van der Waals surface area contributed by atoms with Crippen LogP contribution >= 0.6 is 15.9 Å². The van der Waals surface area contributed by atoms with Gasteiger partial charge < -0.3 is 5.32 Å². The van der Waals surface area contributed by atoms with Crippen LogP contribution in [0.15, 0.2) is 28.7 Å². The van der Waals surface area contributed by atoms with Crippen molar-refractivity contribution in [2.45, 2.75) is 13.0 Å². The number of rotatable bonds is 4. The first-order valence-electron chi connectivity index (χ1n) is 4.22. The lowest BCUT2D eigenvalue weighted by Crippen LogP contribution is -2.24. The Hall–Kier alpha value is -1.10. The normalized spacial score (nSPS) is 12.1. The predicted molar refractivity (Wildman–Crippen MR) is 59.1 cm³/mol. The van der Waals surface area contributed by atoms with Crippen LogP contribution in [0.5, 0.6) is 0 Å². The maximum absolute atomic E-state index is 10.3. The fraction of sp³-hybridized carbons (Fsp3) is 0.333. The molecule has 5 heteroatoms. The molecule has 0 bridgehead atoms. The van der Waals surface area contributed by atoms with Crippen LogP contribution in [0.3, 0.4) is 0 Å². The zero-order chi connectivity index (χ0) is 10.6. The minimum Gasteiger partial charge on any atom is -0.378 e. The van der Waals surface area contributed by atoms with Gasteiger partial charge in [0, 0.05) is 22.0 Å². The number of anilines is 1. The van der Waals surface area contributed by atoms with Gasteiger partial charge in [0.05, 0.1) is 6.54 Å². The highest BCUT2D eigenvalue weighted by atomic mass is 79.9. The van der Waals surface area contributed by atoms with E-state index in [-0.39, 0.29) is 4.92 Å². The molecule has 0 saturated heterocycles. The van der Waals surface area contributed by atoms with Crippen molar-refractivity contribution in [1.29, 1.82) is 0 Å². The minimum absolute atomic E-state index is 0.301. The van der Waals surface area contributed by atoms with Gasteiger partial charge in [-0.15, -0.1) is 0 Å². The first-order chi connectivity index (χ1) is 6.59. The van der Waals surface area contributed by atoms with E-state index in [2.05, 4.69) is 21.2 Å². The van der Waals surface area contributed by atoms with Crippen LogP contribution in [0.25, 0.3) is 0 Å². The molecule has 0 aromatic heterocycles. The fourth-order valence-electron chi connectivity index (χ4n) is 0.939.